The van der Waals surface area contributed by atoms with Gasteiger partial charge in [-0.2, -0.15) is 0 Å². The van der Waals surface area contributed by atoms with Crippen LogP contribution in [0, 0.1) is 0 Å². The van der Waals surface area contributed by atoms with Crippen LogP contribution in [0.4, 0.5) is 0 Å². The third-order valence-corrected chi connectivity index (χ3v) is 2.99. The van der Waals surface area contributed by atoms with E-state index in [-0.39, 0.29) is 24.0 Å². The molecule has 0 unspecified atom stereocenters. The van der Waals surface area contributed by atoms with Crippen LogP contribution in [0.15, 0.2) is 35.3 Å². The second-order valence-electron chi connectivity index (χ2n) is 4.63. The van der Waals surface area contributed by atoms with Gasteiger partial charge in [-0.05, 0) is 12.6 Å². The topological polar surface area (TPSA) is 48.9 Å². The van der Waals surface area contributed by atoms with Gasteiger partial charge in [-0.3, -0.25) is 4.99 Å². The quantitative estimate of drug-likeness (QED) is 0.391. The lowest BCUT2D eigenvalue weighted by atomic mass is 10.2. The van der Waals surface area contributed by atoms with Gasteiger partial charge in [-0.25, -0.2) is 0 Å². The summed E-state index contributed by atoms with van der Waals surface area (Å²) < 4.78 is 5.05. The summed E-state index contributed by atoms with van der Waals surface area (Å²) in [5.74, 6) is 0.828. The normalized spacial score (nSPS) is 11.1. The lowest BCUT2D eigenvalue weighted by Crippen LogP contribution is -2.41. The summed E-state index contributed by atoms with van der Waals surface area (Å²) in [6.45, 7) is 4.29. The molecule has 0 radical (unpaired) electrons. The van der Waals surface area contributed by atoms with Crippen LogP contribution in [0.2, 0.25) is 0 Å². The Hall–Kier alpha value is -0.860. The Labute approximate surface area is 145 Å². The molecule has 0 aliphatic rings. The van der Waals surface area contributed by atoms with Crippen LogP contribution in [-0.4, -0.2) is 58.3 Å². The van der Waals surface area contributed by atoms with Gasteiger partial charge in [0.2, 0.25) is 0 Å². The van der Waals surface area contributed by atoms with E-state index in [0.29, 0.717) is 0 Å². The van der Waals surface area contributed by atoms with E-state index in [0.717, 1.165) is 38.7 Å². The predicted octanol–water partition coefficient (Wildman–Crippen LogP) is 1.55. The van der Waals surface area contributed by atoms with Crippen molar-refractivity contribution in [2.45, 2.75) is 6.54 Å². The Bertz CT molecular complexity index is 387. The molecule has 1 rings (SSSR count). The van der Waals surface area contributed by atoms with Gasteiger partial charge in [-0.1, -0.05) is 30.3 Å². The number of aliphatic imine (C=N–C) groups is 1. The Morgan fingerprint density at radius 2 is 1.90 bits per heavy atom. The SMILES string of the molecule is CN=C(NCCN(C)CCOC)NCc1ccccc1.I. The van der Waals surface area contributed by atoms with Gasteiger partial charge in [0.15, 0.2) is 5.96 Å². The maximum atomic E-state index is 5.05. The molecule has 2 N–H and O–H groups in total. The number of nitrogens with zero attached hydrogens (tertiary/aromatic N) is 2. The number of methoxy groups -OCH3 is 1. The fourth-order valence-electron chi connectivity index (χ4n) is 1.73. The molecular formula is C15H27IN4O. The number of benzene rings is 1. The molecule has 6 heteroatoms. The predicted molar refractivity (Wildman–Crippen MR) is 99.4 cm³/mol. The van der Waals surface area contributed by atoms with Gasteiger partial charge in [-0.15, -0.1) is 24.0 Å². The Morgan fingerprint density at radius 1 is 1.19 bits per heavy atom. The van der Waals surface area contributed by atoms with Crippen LogP contribution in [0.5, 0.6) is 0 Å². The smallest absolute Gasteiger partial charge is 0.191 e. The first kappa shape index (κ1) is 20.1. The summed E-state index contributed by atoms with van der Waals surface area (Å²) in [4.78, 5) is 6.44. The number of rotatable bonds is 8. The maximum absolute atomic E-state index is 5.05. The summed E-state index contributed by atoms with van der Waals surface area (Å²) in [5.41, 5.74) is 1.24. The summed E-state index contributed by atoms with van der Waals surface area (Å²) in [6.07, 6.45) is 0. The zero-order valence-electron chi connectivity index (χ0n) is 13.1. The fourth-order valence-corrected chi connectivity index (χ4v) is 1.73. The zero-order chi connectivity index (χ0) is 14.6. The molecule has 0 amide bonds. The van der Waals surface area contributed by atoms with Crippen LogP contribution in [0.25, 0.3) is 0 Å². The largest absolute Gasteiger partial charge is 0.383 e. The lowest BCUT2D eigenvalue weighted by molar-refractivity contribution is 0.162. The number of nitrogens with one attached hydrogen (secondary N) is 2. The monoisotopic (exact) mass is 406 g/mol. The van der Waals surface area contributed by atoms with E-state index < -0.39 is 0 Å². The van der Waals surface area contributed by atoms with Crippen LogP contribution in [-0.2, 0) is 11.3 Å². The molecule has 0 aliphatic carbocycles. The van der Waals surface area contributed by atoms with Crippen LogP contribution >= 0.6 is 24.0 Å². The van der Waals surface area contributed by atoms with E-state index >= 15 is 0 Å². The van der Waals surface area contributed by atoms with Gasteiger partial charge in [0.1, 0.15) is 0 Å². The summed E-state index contributed by atoms with van der Waals surface area (Å²) in [7, 11) is 5.59. The first-order chi connectivity index (χ1) is 9.76. The van der Waals surface area contributed by atoms with Crippen molar-refractivity contribution in [3.63, 3.8) is 0 Å². The summed E-state index contributed by atoms with van der Waals surface area (Å²) >= 11 is 0. The highest BCUT2D eigenvalue weighted by atomic mass is 127. The molecule has 0 bridgehead atoms. The number of hydrogen-bond donors (Lipinski definition) is 2. The maximum Gasteiger partial charge on any atom is 0.191 e. The van der Waals surface area contributed by atoms with Crippen molar-refractivity contribution in [1.82, 2.24) is 15.5 Å². The van der Waals surface area contributed by atoms with Gasteiger partial charge in [0, 0.05) is 40.3 Å². The molecule has 0 saturated heterocycles. The fraction of sp³-hybridized carbons (Fsp3) is 0.533. The Balaban J connectivity index is 0.00000400. The van der Waals surface area contributed by atoms with E-state index in [2.05, 4.69) is 39.7 Å². The van der Waals surface area contributed by atoms with Crippen molar-refractivity contribution in [3.05, 3.63) is 35.9 Å². The molecule has 0 heterocycles. The van der Waals surface area contributed by atoms with E-state index in [4.69, 9.17) is 4.74 Å². The van der Waals surface area contributed by atoms with E-state index in [1.807, 2.05) is 18.2 Å². The van der Waals surface area contributed by atoms with Gasteiger partial charge < -0.3 is 20.3 Å². The third kappa shape index (κ3) is 9.65. The molecular weight excluding hydrogens is 379 g/mol. The van der Waals surface area contributed by atoms with E-state index in [1.54, 1.807) is 14.2 Å². The molecule has 0 fully saturated rings. The highest BCUT2D eigenvalue weighted by molar-refractivity contribution is 14.0. The van der Waals surface area contributed by atoms with Crippen molar-refractivity contribution in [1.29, 1.82) is 0 Å². The first-order valence-electron chi connectivity index (χ1n) is 6.92. The van der Waals surface area contributed by atoms with Crippen LogP contribution in [0.3, 0.4) is 0 Å². The average molecular weight is 406 g/mol. The van der Waals surface area contributed by atoms with Crippen molar-refractivity contribution in [2.75, 3.05) is 47.4 Å². The molecule has 120 valence electrons. The van der Waals surface area contributed by atoms with Gasteiger partial charge >= 0.3 is 0 Å². The molecule has 1 aromatic carbocycles. The molecule has 0 atom stereocenters. The highest BCUT2D eigenvalue weighted by Crippen LogP contribution is 1.96. The molecule has 0 spiro atoms. The number of hydrogen-bond acceptors (Lipinski definition) is 3. The second kappa shape index (κ2) is 12.8. The molecule has 0 saturated carbocycles. The minimum atomic E-state index is 0. The molecule has 21 heavy (non-hydrogen) atoms. The van der Waals surface area contributed by atoms with E-state index in [1.165, 1.54) is 5.56 Å². The number of guanidine groups is 1. The number of halogens is 1. The lowest BCUT2D eigenvalue weighted by Gasteiger charge is -2.17. The number of ether oxygens (including phenoxy) is 1. The zero-order valence-corrected chi connectivity index (χ0v) is 15.5. The van der Waals surface area contributed by atoms with Crippen molar-refractivity contribution in [3.8, 4) is 0 Å². The Kier molecular flexibility index (Phi) is 12.3. The van der Waals surface area contributed by atoms with Gasteiger partial charge in [0.25, 0.3) is 0 Å². The molecule has 5 nitrogen and oxygen atoms in total. The van der Waals surface area contributed by atoms with Crippen molar-refractivity contribution in [2.24, 2.45) is 4.99 Å². The Morgan fingerprint density at radius 3 is 2.52 bits per heavy atom. The molecule has 1 aromatic rings. The average Bonchev–Trinajstić information content (AvgIpc) is 2.49. The van der Waals surface area contributed by atoms with Crippen LogP contribution < -0.4 is 10.6 Å². The van der Waals surface area contributed by atoms with E-state index in [9.17, 15) is 0 Å². The standard InChI is InChI=1S/C15H26N4O.HI/c1-16-15(17-9-10-19(2)11-12-20-3)18-13-14-7-5-4-6-8-14;/h4-8H,9-13H2,1-3H3,(H2,16,17,18);1H. The highest BCUT2D eigenvalue weighted by Gasteiger charge is 2.00. The summed E-state index contributed by atoms with van der Waals surface area (Å²) in [6, 6.07) is 10.3. The number of likely N-dealkylation sites (N-methyl/N-ethyl adjacent to an activating group) is 1. The third-order valence-electron chi connectivity index (χ3n) is 2.99. The van der Waals surface area contributed by atoms with Crippen molar-refractivity contribution < 1.29 is 4.74 Å². The van der Waals surface area contributed by atoms with Crippen molar-refractivity contribution >= 4 is 29.9 Å². The minimum Gasteiger partial charge on any atom is -0.383 e. The summed E-state index contributed by atoms with van der Waals surface area (Å²) in [5, 5.41) is 6.60. The molecule has 0 aliphatic heterocycles. The van der Waals surface area contributed by atoms with Crippen LogP contribution in [0.1, 0.15) is 5.56 Å². The first-order valence-corrected chi connectivity index (χ1v) is 6.92. The molecule has 0 aromatic heterocycles. The second-order valence-corrected chi connectivity index (χ2v) is 4.63. The van der Waals surface area contributed by atoms with Gasteiger partial charge in [0.05, 0.1) is 6.61 Å². The minimum absolute atomic E-state index is 0.